The molecule has 0 fully saturated rings. The van der Waals surface area contributed by atoms with E-state index in [1.165, 1.54) is 5.56 Å². The van der Waals surface area contributed by atoms with Gasteiger partial charge in [0.2, 0.25) is 0 Å². The molecule has 0 saturated carbocycles. The molecule has 1 aromatic heterocycles. The number of nitrogens with one attached hydrogen (secondary N) is 1. The number of para-hydroxylation sites is 2. The number of benzene rings is 3. The highest BCUT2D eigenvalue weighted by atomic mass is 35.5. The summed E-state index contributed by atoms with van der Waals surface area (Å²) in [6.45, 7) is 5.81. The van der Waals surface area contributed by atoms with Crippen LogP contribution < -0.4 is 10.1 Å². The van der Waals surface area contributed by atoms with Crippen molar-refractivity contribution >= 4 is 28.5 Å². The summed E-state index contributed by atoms with van der Waals surface area (Å²) in [6.07, 6.45) is 0.825. The number of aryl methyl sites for hydroxylation is 3. The summed E-state index contributed by atoms with van der Waals surface area (Å²) >= 11 is 5.92. The number of fused-ring (bicyclic) bond motifs is 1. The largest absolute Gasteiger partial charge is 0.493 e. The molecule has 164 valence electrons. The molecule has 32 heavy (non-hydrogen) atoms. The Balaban J connectivity index is 1.43. The van der Waals surface area contributed by atoms with Crippen LogP contribution in [-0.2, 0) is 13.1 Å². The second-order valence-electron chi connectivity index (χ2n) is 7.83. The van der Waals surface area contributed by atoms with E-state index in [2.05, 4.69) is 48.0 Å². The smallest absolute Gasteiger partial charge is 0.251 e. The van der Waals surface area contributed by atoms with Crippen LogP contribution in [0, 0.1) is 13.8 Å². The number of amides is 1. The third-order valence-corrected chi connectivity index (χ3v) is 5.63. The molecule has 0 atom stereocenters. The van der Waals surface area contributed by atoms with E-state index in [0.29, 0.717) is 23.7 Å². The molecule has 0 radical (unpaired) electrons. The molecule has 0 aliphatic carbocycles. The second-order valence-corrected chi connectivity index (χ2v) is 8.27. The van der Waals surface area contributed by atoms with Crippen molar-refractivity contribution in [1.82, 2.24) is 14.9 Å². The molecule has 0 aliphatic heterocycles. The Hall–Kier alpha value is -3.31. The van der Waals surface area contributed by atoms with Crippen LogP contribution in [-0.4, -0.2) is 22.1 Å². The summed E-state index contributed by atoms with van der Waals surface area (Å²) in [6, 6.07) is 21.1. The Morgan fingerprint density at radius 3 is 2.66 bits per heavy atom. The molecule has 3 aromatic carbocycles. The molecule has 0 saturated heterocycles. The van der Waals surface area contributed by atoms with Gasteiger partial charge in [-0.1, -0.05) is 35.9 Å². The van der Waals surface area contributed by atoms with Crippen LogP contribution in [0.2, 0.25) is 5.02 Å². The van der Waals surface area contributed by atoms with Crippen LogP contribution in [0.1, 0.15) is 33.7 Å². The van der Waals surface area contributed by atoms with Crippen molar-refractivity contribution in [2.75, 3.05) is 6.61 Å². The van der Waals surface area contributed by atoms with Crippen molar-refractivity contribution < 1.29 is 9.53 Å². The normalized spacial score (nSPS) is 11.0. The molecule has 1 amide bonds. The molecule has 1 heterocycles. The first-order valence-corrected chi connectivity index (χ1v) is 11.1. The summed E-state index contributed by atoms with van der Waals surface area (Å²) in [4.78, 5) is 17.3. The van der Waals surface area contributed by atoms with Gasteiger partial charge >= 0.3 is 0 Å². The number of halogens is 1. The summed E-state index contributed by atoms with van der Waals surface area (Å²) in [5.74, 6) is 1.59. The van der Waals surface area contributed by atoms with E-state index >= 15 is 0 Å². The molecule has 0 bridgehead atoms. The van der Waals surface area contributed by atoms with Crippen LogP contribution in [0.25, 0.3) is 11.0 Å². The van der Waals surface area contributed by atoms with Crippen LogP contribution in [0.4, 0.5) is 0 Å². The molecule has 0 unspecified atom stereocenters. The van der Waals surface area contributed by atoms with E-state index in [-0.39, 0.29) is 5.91 Å². The van der Waals surface area contributed by atoms with Gasteiger partial charge in [-0.25, -0.2) is 4.98 Å². The maximum atomic E-state index is 12.5. The van der Waals surface area contributed by atoms with Crippen molar-refractivity contribution in [3.63, 3.8) is 0 Å². The van der Waals surface area contributed by atoms with Crippen molar-refractivity contribution in [2.24, 2.45) is 0 Å². The van der Waals surface area contributed by atoms with Crippen molar-refractivity contribution in [1.29, 1.82) is 0 Å². The fraction of sp³-hybridized carbons (Fsp3) is 0.231. The van der Waals surface area contributed by atoms with Gasteiger partial charge in [0.1, 0.15) is 11.6 Å². The SMILES string of the molecule is Cc1ccc(C)c(OCCCn2c(CNC(=O)c3ccc(Cl)cc3)nc3ccccc32)c1. The molecule has 5 nitrogen and oxygen atoms in total. The van der Waals surface area contributed by atoms with Crippen molar-refractivity contribution in [3.8, 4) is 5.75 Å². The van der Waals surface area contributed by atoms with Crippen LogP contribution >= 0.6 is 11.6 Å². The summed E-state index contributed by atoms with van der Waals surface area (Å²) in [7, 11) is 0. The summed E-state index contributed by atoms with van der Waals surface area (Å²) in [5.41, 5.74) is 4.85. The third-order valence-electron chi connectivity index (χ3n) is 5.37. The Morgan fingerprint density at radius 1 is 1.06 bits per heavy atom. The Morgan fingerprint density at radius 2 is 1.84 bits per heavy atom. The van der Waals surface area contributed by atoms with Gasteiger partial charge in [0, 0.05) is 17.1 Å². The van der Waals surface area contributed by atoms with Gasteiger partial charge in [-0.15, -0.1) is 0 Å². The van der Waals surface area contributed by atoms with Gasteiger partial charge in [-0.2, -0.15) is 0 Å². The van der Waals surface area contributed by atoms with E-state index in [1.807, 2.05) is 18.2 Å². The van der Waals surface area contributed by atoms with Gasteiger partial charge in [-0.05, 0) is 73.9 Å². The maximum Gasteiger partial charge on any atom is 0.251 e. The molecule has 4 rings (SSSR count). The van der Waals surface area contributed by atoms with Gasteiger partial charge in [0.25, 0.3) is 5.91 Å². The fourth-order valence-corrected chi connectivity index (χ4v) is 3.77. The number of rotatable bonds is 8. The number of hydrogen-bond donors (Lipinski definition) is 1. The Labute approximate surface area is 193 Å². The molecule has 0 spiro atoms. The van der Waals surface area contributed by atoms with Crippen molar-refractivity contribution in [2.45, 2.75) is 33.4 Å². The standard InChI is InChI=1S/C26H26ClN3O2/c1-18-8-9-19(2)24(16-18)32-15-5-14-30-23-7-4-3-6-22(23)29-25(30)17-28-26(31)20-10-12-21(27)13-11-20/h3-4,6-13,16H,5,14-15,17H2,1-2H3,(H,28,31). The quantitative estimate of drug-likeness (QED) is 0.352. The topological polar surface area (TPSA) is 56.1 Å². The predicted molar refractivity (Wildman–Crippen MR) is 128 cm³/mol. The van der Waals surface area contributed by atoms with Crippen LogP contribution in [0.3, 0.4) is 0 Å². The molecular weight excluding hydrogens is 422 g/mol. The lowest BCUT2D eigenvalue weighted by atomic mass is 10.1. The van der Waals surface area contributed by atoms with Crippen LogP contribution in [0.5, 0.6) is 5.75 Å². The first-order chi connectivity index (χ1) is 15.5. The Kier molecular flexibility index (Phi) is 6.76. The average Bonchev–Trinajstić information content (AvgIpc) is 3.15. The van der Waals surface area contributed by atoms with E-state index in [9.17, 15) is 4.79 Å². The minimum atomic E-state index is -0.154. The maximum absolute atomic E-state index is 12.5. The minimum absolute atomic E-state index is 0.154. The molecule has 4 aromatic rings. The molecule has 0 aliphatic rings. The van der Waals surface area contributed by atoms with Crippen molar-refractivity contribution in [3.05, 3.63) is 94.3 Å². The highest BCUT2D eigenvalue weighted by molar-refractivity contribution is 6.30. The lowest BCUT2D eigenvalue weighted by Gasteiger charge is -2.12. The van der Waals surface area contributed by atoms with Gasteiger partial charge in [0.15, 0.2) is 0 Å². The van der Waals surface area contributed by atoms with Gasteiger partial charge in [-0.3, -0.25) is 4.79 Å². The molecule has 6 heteroatoms. The Bertz CT molecular complexity index is 1230. The van der Waals surface area contributed by atoms with Gasteiger partial charge < -0.3 is 14.6 Å². The summed E-state index contributed by atoms with van der Waals surface area (Å²) < 4.78 is 8.18. The minimum Gasteiger partial charge on any atom is -0.493 e. The first kappa shape index (κ1) is 21.9. The number of nitrogens with zero attached hydrogens (tertiary/aromatic N) is 2. The number of carbonyl (C=O) groups excluding carboxylic acids is 1. The van der Waals surface area contributed by atoms with Gasteiger partial charge in [0.05, 0.1) is 24.2 Å². The van der Waals surface area contributed by atoms with E-state index in [0.717, 1.165) is 41.1 Å². The number of carbonyl (C=O) groups is 1. The monoisotopic (exact) mass is 447 g/mol. The highest BCUT2D eigenvalue weighted by Gasteiger charge is 2.12. The van der Waals surface area contributed by atoms with E-state index < -0.39 is 0 Å². The zero-order valence-corrected chi connectivity index (χ0v) is 19.0. The lowest BCUT2D eigenvalue weighted by molar-refractivity contribution is 0.0949. The second kappa shape index (κ2) is 9.88. The fourth-order valence-electron chi connectivity index (χ4n) is 3.64. The zero-order valence-electron chi connectivity index (χ0n) is 18.3. The average molecular weight is 448 g/mol. The van der Waals surface area contributed by atoms with E-state index in [1.54, 1.807) is 24.3 Å². The highest BCUT2D eigenvalue weighted by Crippen LogP contribution is 2.20. The zero-order chi connectivity index (χ0) is 22.5. The third kappa shape index (κ3) is 5.11. The molecular formula is C26H26ClN3O2. The number of imidazole rings is 1. The number of hydrogen-bond acceptors (Lipinski definition) is 3. The molecule has 1 N–H and O–H groups in total. The lowest BCUT2D eigenvalue weighted by Crippen LogP contribution is -2.25. The number of ether oxygens (including phenoxy) is 1. The first-order valence-electron chi connectivity index (χ1n) is 10.7. The summed E-state index contributed by atoms with van der Waals surface area (Å²) in [5, 5.41) is 3.57. The van der Waals surface area contributed by atoms with E-state index in [4.69, 9.17) is 21.3 Å². The van der Waals surface area contributed by atoms with Crippen LogP contribution in [0.15, 0.2) is 66.7 Å². The predicted octanol–water partition coefficient (Wildman–Crippen LogP) is 5.71. The number of aromatic nitrogens is 2.